The minimum atomic E-state index is -1.06. The molecule has 3 N–H and O–H groups in total. The lowest BCUT2D eigenvalue weighted by Gasteiger charge is -2.19. The molecule has 1 fully saturated rings. The van der Waals surface area contributed by atoms with Crippen molar-refractivity contribution in [3.05, 3.63) is 95.2 Å². The molecule has 218 valence electrons. The number of hydrogen-bond donors (Lipinski definition) is 2. The Morgan fingerprint density at radius 1 is 1.00 bits per heavy atom. The fraction of sp³-hybridized carbons (Fsp3) is 0.303. The van der Waals surface area contributed by atoms with E-state index in [9.17, 15) is 14.8 Å². The number of carbonyl (C=O) groups excluding carboxylic acids is 2. The number of pyridine rings is 1. The molecule has 9 heteroatoms. The number of ether oxygens (including phenoxy) is 3. The van der Waals surface area contributed by atoms with E-state index in [1.54, 1.807) is 25.3 Å². The maximum Gasteiger partial charge on any atom is 0.250 e. The molecule has 1 heterocycles. The molecule has 1 aromatic heterocycles. The molecule has 0 aliphatic heterocycles. The molecule has 0 saturated heterocycles. The van der Waals surface area contributed by atoms with Gasteiger partial charge in [-0.05, 0) is 61.2 Å². The predicted molar refractivity (Wildman–Crippen MR) is 157 cm³/mol. The van der Waals surface area contributed by atoms with Crippen LogP contribution in [0.15, 0.2) is 72.8 Å². The van der Waals surface area contributed by atoms with Crippen molar-refractivity contribution in [1.29, 1.82) is 0 Å². The number of hydroxylamine groups is 2. The molecule has 0 radical (unpaired) electrons. The van der Waals surface area contributed by atoms with Gasteiger partial charge in [0.1, 0.15) is 23.9 Å². The normalized spacial score (nSPS) is 17.5. The van der Waals surface area contributed by atoms with E-state index >= 15 is 0 Å². The Balaban J connectivity index is 1.23. The number of hydrogen-bond acceptors (Lipinski definition) is 7. The summed E-state index contributed by atoms with van der Waals surface area (Å²) in [6.45, 7) is 2.37. The first kappa shape index (κ1) is 28.9. The van der Waals surface area contributed by atoms with Crippen LogP contribution in [0, 0.1) is 11.3 Å². The third-order valence-corrected chi connectivity index (χ3v) is 7.99. The van der Waals surface area contributed by atoms with Crippen molar-refractivity contribution in [2.75, 3.05) is 14.2 Å². The average molecular weight is 570 g/mol. The first-order valence-electron chi connectivity index (χ1n) is 13.9. The van der Waals surface area contributed by atoms with Gasteiger partial charge in [0.15, 0.2) is 0 Å². The highest BCUT2D eigenvalue weighted by Crippen LogP contribution is 2.55. The third kappa shape index (κ3) is 5.87. The number of amides is 2. The third-order valence-electron chi connectivity index (χ3n) is 7.99. The summed E-state index contributed by atoms with van der Waals surface area (Å²) in [7, 11) is 3.04. The summed E-state index contributed by atoms with van der Waals surface area (Å²) in [6, 6.07) is 22.6. The van der Waals surface area contributed by atoms with E-state index in [0.29, 0.717) is 34.5 Å². The first-order valence-corrected chi connectivity index (χ1v) is 13.9. The predicted octanol–water partition coefficient (Wildman–Crippen LogP) is 4.85. The first-order chi connectivity index (χ1) is 20.3. The zero-order valence-electron chi connectivity index (χ0n) is 24.0. The van der Waals surface area contributed by atoms with E-state index in [2.05, 4.69) is 13.0 Å². The molecule has 4 aromatic rings. The number of methoxy groups -OCH3 is 2. The lowest BCUT2D eigenvalue weighted by molar-refractivity contribution is -0.171. The second-order valence-corrected chi connectivity index (χ2v) is 10.6. The van der Waals surface area contributed by atoms with E-state index < -0.39 is 23.1 Å². The van der Waals surface area contributed by atoms with Gasteiger partial charge in [0.2, 0.25) is 11.8 Å². The molecule has 1 saturated carbocycles. The lowest BCUT2D eigenvalue weighted by atomic mass is 9.92. The maximum absolute atomic E-state index is 13.1. The van der Waals surface area contributed by atoms with Crippen LogP contribution in [0.5, 0.6) is 17.2 Å². The van der Waals surface area contributed by atoms with Crippen molar-refractivity contribution in [2.45, 2.75) is 39.3 Å². The molecular weight excluding hydrogens is 534 g/mol. The Morgan fingerprint density at radius 3 is 2.43 bits per heavy atom. The second kappa shape index (κ2) is 12.1. The number of primary amides is 1. The van der Waals surface area contributed by atoms with Gasteiger partial charge in [0, 0.05) is 28.3 Å². The topological polar surface area (TPSA) is 124 Å². The largest absolute Gasteiger partial charge is 0.497 e. The van der Waals surface area contributed by atoms with Crippen LogP contribution in [0.25, 0.3) is 10.9 Å². The highest BCUT2D eigenvalue weighted by atomic mass is 16.5. The fourth-order valence-corrected chi connectivity index (χ4v) is 5.42. The molecule has 42 heavy (non-hydrogen) atoms. The Labute approximate surface area is 244 Å². The smallest absolute Gasteiger partial charge is 0.250 e. The fourth-order valence-electron chi connectivity index (χ4n) is 5.42. The molecule has 1 aliphatic carbocycles. The molecule has 2 amide bonds. The summed E-state index contributed by atoms with van der Waals surface area (Å²) >= 11 is 0. The number of rotatable bonds is 12. The van der Waals surface area contributed by atoms with Crippen LogP contribution in [-0.2, 0) is 35.6 Å². The molecular formula is C33H35N3O6. The standard InChI is InChI=1S/C33H35N3O6/c1-4-24-15-23(27-7-5-6-8-29(27)35-24)20-42-25-12-9-21(10-13-25)17-33(32(34)38)18-28(33)31(37)36(39)19-22-11-14-26(40-2)16-30(22)41-3/h5-16,28,39H,4,17-20H2,1-3H3,(H2,34,38). The van der Waals surface area contributed by atoms with Crippen molar-refractivity contribution < 1.29 is 29.0 Å². The summed E-state index contributed by atoms with van der Waals surface area (Å²) in [4.78, 5) is 30.4. The number of fused-ring (bicyclic) bond motifs is 1. The van der Waals surface area contributed by atoms with Gasteiger partial charge in [-0.1, -0.05) is 37.3 Å². The van der Waals surface area contributed by atoms with E-state index in [1.807, 2.05) is 48.5 Å². The molecule has 0 spiro atoms. The van der Waals surface area contributed by atoms with E-state index in [0.717, 1.165) is 34.1 Å². The van der Waals surface area contributed by atoms with Gasteiger partial charge < -0.3 is 19.9 Å². The summed E-state index contributed by atoms with van der Waals surface area (Å²) in [5.41, 5.74) is 9.20. The van der Waals surface area contributed by atoms with Crippen LogP contribution in [0.1, 0.15) is 35.7 Å². The highest BCUT2D eigenvalue weighted by molar-refractivity contribution is 5.95. The number of aromatic nitrogens is 1. The zero-order valence-corrected chi connectivity index (χ0v) is 24.0. The van der Waals surface area contributed by atoms with Crippen molar-refractivity contribution >= 4 is 22.7 Å². The Kier molecular flexibility index (Phi) is 8.31. The zero-order chi connectivity index (χ0) is 29.9. The second-order valence-electron chi connectivity index (χ2n) is 10.6. The quantitative estimate of drug-likeness (QED) is 0.185. The molecule has 0 bridgehead atoms. The van der Waals surface area contributed by atoms with Crippen LogP contribution in [0.2, 0.25) is 0 Å². The average Bonchev–Trinajstić information content (AvgIpc) is 3.75. The van der Waals surface area contributed by atoms with Crippen molar-refractivity contribution in [3.8, 4) is 17.2 Å². The molecule has 5 rings (SSSR count). The number of benzene rings is 3. The van der Waals surface area contributed by atoms with Gasteiger partial charge in [-0.3, -0.25) is 19.8 Å². The minimum Gasteiger partial charge on any atom is -0.497 e. The van der Waals surface area contributed by atoms with Crippen LogP contribution < -0.4 is 19.9 Å². The molecule has 1 aliphatic rings. The van der Waals surface area contributed by atoms with Gasteiger partial charge >= 0.3 is 0 Å². The molecule has 3 aromatic carbocycles. The molecule has 2 atom stereocenters. The summed E-state index contributed by atoms with van der Waals surface area (Å²) in [6.07, 6.45) is 1.39. The molecule has 2 unspecified atom stereocenters. The van der Waals surface area contributed by atoms with Gasteiger partial charge in [0.05, 0.1) is 37.6 Å². The monoisotopic (exact) mass is 569 g/mol. The summed E-state index contributed by atoms with van der Waals surface area (Å²) < 4.78 is 16.7. The van der Waals surface area contributed by atoms with E-state index in [1.165, 1.54) is 7.11 Å². The summed E-state index contributed by atoms with van der Waals surface area (Å²) in [5, 5.41) is 12.3. The van der Waals surface area contributed by atoms with E-state index in [4.69, 9.17) is 24.9 Å². The number of para-hydroxylation sites is 1. The van der Waals surface area contributed by atoms with Crippen molar-refractivity contribution in [3.63, 3.8) is 0 Å². The number of carbonyl (C=O) groups is 2. The Bertz CT molecular complexity index is 1610. The maximum atomic E-state index is 13.1. The van der Waals surface area contributed by atoms with Gasteiger partial charge in [-0.15, -0.1) is 0 Å². The summed E-state index contributed by atoms with van der Waals surface area (Å²) in [5.74, 6) is -0.0784. The van der Waals surface area contributed by atoms with Crippen LogP contribution >= 0.6 is 0 Å². The van der Waals surface area contributed by atoms with Crippen LogP contribution in [0.3, 0.4) is 0 Å². The van der Waals surface area contributed by atoms with Gasteiger partial charge in [-0.25, -0.2) is 5.06 Å². The number of aryl methyl sites for hydroxylation is 1. The minimum absolute atomic E-state index is 0.101. The van der Waals surface area contributed by atoms with Gasteiger partial charge in [-0.2, -0.15) is 0 Å². The number of nitrogens with zero attached hydrogens (tertiary/aromatic N) is 2. The van der Waals surface area contributed by atoms with Crippen molar-refractivity contribution in [1.82, 2.24) is 10.0 Å². The van der Waals surface area contributed by atoms with Crippen molar-refractivity contribution in [2.24, 2.45) is 17.1 Å². The lowest BCUT2D eigenvalue weighted by Crippen LogP contribution is -2.35. The van der Waals surface area contributed by atoms with Crippen LogP contribution in [-0.4, -0.2) is 41.3 Å². The van der Waals surface area contributed by atoms with Gasteiger partial charge in [0.25, 0.3) is 0 Å². The highest BCUT2D eigenvalue weighted by Gasteiger charge is 2.63. The molecule has 9 nitrogen and oxygen atoms in total. The Hall–Kier alpha value is -4.63. The SMILES string of the molecule is CCc1cc(COc2ccc(CC3(C(N)=O)CC3C(=O)N(O)Cc3ccc(OC)cc3OC)cc2)c2ccccc2n1. The Morgan fingerprint density at radius 2 is 1.74 bits per heavy atom. The van der Waals surface area contributed by atoms with E-state index in [-0.39, 0.29) is 19.4 Å². The van der Waals surface area contributed by atoms with Crippen LogP contribution in [0.4, 0.5) is 0 Å². The number of nitrogens with two attached hydrogens (primary N) is 1.